The minimum Gasteiger partial charge on any atom is -1.00 e. The van der Waals surface area contributed by atoms with E-state index in [0.29, 0.717) is 3.72 Å². The van der Waals surface area contributed by atoms with Crippen LogP contribution in [0.5, 0.6) is 0 Å². The van der Waals surface area contributed by atoms with Gasteiger partial charge in [-0.25, -0.2) is 0 Å². The van der Waals surface area contributed by atoms with Crippen molar-refractivity contribution < 1.29 is 30.3 Å². The summed E-state index contributed by atoms with van der Waals surface area (Å²) in [6.45, 7) is 6.87. The standard InChI is InChI=1S/C8H11.2CH3.ClH.Ti/c1-6-4-7(2)8(3)5-6;;;;/h4-5H,1-3H3;2*1H3;1H;/q;;;;+1/p-1. The van der Waals surface area contributed by atoms with E-state index >= 15 is 0 Å². The zero-order valence-corrected chi connectivity index (χ0v) is 10.9. The van der Waals surface area contributed by atoms with Crippen molar-refractivity contribution in [2.24, 2.45) is 0 Å². The van der Waals surface area contributed by atoms with Crippen LogP contribution < -0.4 is 12.4 Å². The summed E-state index contributed by atoms with van der Waals surface area (Å²) >= 11 is -0.836. The summed E-state index contributed by atoms with van der Waals surface area (Å²) < 4.78 is 0.490. The molecule has 2 heteroatoms. The van der Waals surface area contributed by atoms with Crippen LogP contribution in [0.2, 0.25) is 14.2 Å². The Balaban J connectivity index is 0.00000121. The molecular weight excluding hydrogens is 203 g/mol. The predicted octanol–water partition coefficient (Wildman–Crippen LogP) is 0.790. The summed E-state index contributed by atoms with van der Waals surface area (Å²) in [6, 6.07) is 0. The van der Waals surface area contributed by atoms with E-state index in [2.05, 4.69) is 43.4 Å². The molecule has 0 radical (unpaired) electrons. The van der Waals surface area contributed by atoms with Crippen molar-refractivity contribution in [1.82, 2.24) is 0 Å². The van der Waals surface area contributed by atoms with E-state index < -0.39 is 17.9 Å². The van der Waals surface area contributed by atoms with Gasteiger partial charge in [-0.2, -0.15) is 0 Å². The fourth-order valence-corrected chi connectivity index (χ4v) is 3.79. The second-order valence-corrected chi connectivity index (χ2v) is 8.66. The Morgan fingerprint density at radius 2 is 1.75 bits per heavy atom. The molecule has 0 bridgehead atoms. The molecule has 0 spiro atoms. The van der Waals surface area contributed by atoms with Gasteiger partial charge in [0.15, 0.2) is 0 Å². The van der Waals surface area contributed by atoms with Crippen molar-refractivity contribution >= 4 is 0 Å². The third-order valence-corrected chi connectivity index (χ3v) is 6.90. The van der Waals surface area contributed by atoms with Crippen molar-refractivity contribution in [1.29, 1.82) is 0 Å². The molecule has 0 amide bonds. The molecule has 12 heavy (non-hydrogen) atoms. The van der Waals surface area contributed by atoms with E-state index in [4.69, 9.17) is 0 Å². The van der Waals surface area contributed by atoms with Crippen molar-refractivity contribution in [2.75, 3.05) is 0 Å². The monoisotopic (exact) mass is 220 g/mol. The van der Waals surface area contributed by atoms with Gasteiger partial charge >= 0.3 is 76.1 Å². The quantitative estimate of drug-likeness (QED) is 0.573. The molecule has 1 aliphatic carbocycles. The molecule has 1 aliphatic rings. The summed E-state index contributed by atoms with van der Waals surface area (Å²) in [5, 5.41) is 4.90. The Morgan fingerprint density at radius 3 is 1.92 bits per heavy atom. The maximum Gasteiger partial charge on any atom is -1.00 e. The molecule has 1 unspecified atom stereocenters. The molecule has 1 rings (SSSR count). The second-order valence-electron chi connectivity index (χ2n) is 3.92. The first kappa shape index (κ1) is 12.5. The molecule has 0 aliphatic heterocycles. The molecular formula is C10H17ClTi. The molecule has 0 saturated heterocycles. The van der Waals surface area contributed by atoms with Gasteiger partial charge in [0.1, 0.15) is 0 Å². The number of hydrogen-bond acceptors (Lipinski definition) is 0. The second kappa shape index (κ2) is 4.13. The molecule has 0 saturated carbocycles. The summed E-state index contributed by atoms with van der Waals surface area (Å²) in [6.07, 6.45) is 4.79. The molecule has 0 aromatic rings. The van der Waals surface area contributed by atoms with E-state index in [1.165, 1.54) is 5.57 Å². The van der Waals surface area contributed by atoms with Gasteiger partial charge in [-0.1, -0.05) is 0 Å². The van der Waals surface area contributed by atoms with Crippen molar-refractivity contribution in [3.63, 3.8) is 0 Å². The fraction of sp³-hybridized carbons (Fsp3) is 0.600. The smallest absolute Gasteiger partial charge is 1.00 e. The van der Waals surface area contributed by atoms with Gasteiger partial charge in [0.2, 0.25) is 0 Å². The van der Waals surface area contributed by atoms with Crippen LogP contribution in [0.1, 0.15) is 20.8 Å². The first-order chi connectivity index (χ1) is 4.97. The summed E-state index contributed by atoms with van der Waals surface area (Å²) in [7, 11) is 0. The van der Waals surface area contributed by atoms with E-state index in [9.17, 15) is 0 Å². The minimum atomic E-state index is -0.836. The minimum absolute atomic E-state index is 0. The maximum atomic E-state index is 2.46. The fourth-order valence-electron chi connectivity index (χ4n) is 1.64. The van der Waals surface area contributed by atoms with Crippen LogP contribution in [0.4, 0.5) is 0 Å². The average Bonchev–Trinajstić information content (AvgIpc) is 2.08. The number of hydrogen-bond donors (Lipinski definition) is 0. The first-order valence-corrected chi connectivity index (χ1v) is 8.06. The van der Waals surface area contributed by atoms with Crippen LogP contribution >= 0.6 is 0 Å². The zero-order chi connectivity index (χ0) is 8.65. The van der Waals surface area contributed by atoms with Gasteiger partial charge < -0.3 is 12.4 Å². The van der Waals surface area contributed by atoms with E-state index in [1.807, 2.05) is 0 Å². The van der Waals surface area contributed by atoms with E-state index in [-0.39, 0.29) is 12.4 Å². The van der Waals surface area contributed by atoms with E-state index in [1.54, 1.807) is 5.57 Å². The van der Waals surface area contributed by atoms with Crippen LogP contribution in [0.15, 0.2) is 23.3 Å². The third-order valence-electron chi connectivity index (χ3n) is 2.82. The van der Waals surface area contributed by atoms with Crippen LogP contribution in [-0.2, 0) is 17.9 Å². The molecule has 0 aromatic heterocycles. The van der Waals surface area contributed by atoms with E-state index in [0.717, 1.165) is 0 Å². The SMILES string of the molecule is CC1=C[C](C)([Ti+]([CH3])[CH3])C(C)=C1.[Cl-]. The molecule has 0 nitrogen and oxygen atoms in total. The Labute approximate surface area is 88.4 Å². The molecule has 0 aromatic carbocycles. The molecule has 1 atom stereocenters. The van der Waals surface area contributed by atoms with Crippen molar-refractivity contribution in [2.45, 2.75) is 34.9 Å². The Hall–Kier alpha value is 0.484. The van der Waals surface area contributed by atoms with Crippen LogP contribution in [-0.4, -0.2) is 0 Å². The topological polar surface area (TPSA) is 0 Å². The summed E-state index contributed by atoms with van der Waals surface area (Å²) in [5.41, 5.74) is 3.04. The maximum absolute atomic E-state index is 2.46. The van der Waals surface area contributed by atoms with Gasteiger partial charge in [0, 0.05) is 0 Å². The average molecular weight is 221 g/mol. The first-order valence-electron chi connectivity index (χ1n) is 4.15. The molecule has 0 fully saturated rings. The third kappa shape index (κ3) is 2.04. The normalized spacial score (nSPS) is 27.4. The van der Waals surface area contributed by atoms with Gasteiger partial charge in [0.05, 0.1) is 0 Å². The number of halogens is 1. The van der Waals surface area contributed by atoms with Crippen LogP contribution in [0, 0.1) is 0 Å². The van der Waals surface area contributed by atoms with Crippen LogP contribution in [0.25, 0.3) is 0 Å². The van der Waals surface area contributed by atoms with Gasteiger partial charge in [-0.3, -0.25) is 0 Å². The number of rotatable bonds is 1. The Morgan fingerprint density at radius 1 is 1.25 bits per heavy atom. The molecule has 0 N–H and O–H groups in total. The van der Waals surface area contributed by atoms with Crippen molar-refractivity contribution in [3.05, 3.63) is 23.3 Å². The summed E-state index contributed by atoms with van der Waals surface area (Å²) in [5.74, 6) is 0. The number of allylic oxidation sites excluding steroid dienone is 4. The van der Waals surface area contributed by atoms with Crippen molar-refractivity contribution in [3.8, 4) is 0 Å². The van der Waals surface area contributed by atoms with Gasteiger partial charge in [-0.15, -0.1) is 0 Å². The Kier molecular flexibility index (Phi) is 4.30. The molecule has 0 heterocycles. The molecule has 68 valence electrons. The van der Waals surface area contributed by atoms with Gasteiger partial charge in [0.25, 0.3) is 0 Å². The largest absolute Gasteiger partial charge is 1.00 e. The van der Waals surface area contributed by atoms with Gasteiger partial charge in [-0.05, 0) is 0 Å². The zero-order valence-electron chi connectivity index (χ0n) is 8.53. The predicted molar refractivity (Wildman–Crippen MR) is 47.6 cm³/mol. The van der Waals surface area contributed by atoms with Crippen LogP contribution in [0.3, 0.4) is 0 Å². The summed E-state index contributed by atoms with van der Waals surface area (Å²) in [4.78, 5) is 0. The Bertz CT molecular complexity index is 228.